The molecule has 0 spiro atoms. The number of ether oxygens (including phenoxy) is 1. The Kier molecular flexibility index (Phi) is 8.34. The number of fused-ring (bicyclic) bond motifs is 1. The fourth-order valence-corrected chi connectivity index (χ4v) is 5.67. The second kappa shape index (κ2) is 11.7. The van der Waals surface area contributed by atoms with Crippen LogP contribution in [0.3, 0.4) is 0 Å². The Morgan fingerprint density at radius 2 is 1.89 bits per heavy atom. The van der Waals surface area contributed by atoms with Gasteiger partial charge in [0.05, 0.1) is 19.2 Å². The molecule has 37 heavy (non-hydrogen) atoms. The molecule has 0 unspecified atom stereocenters. The van der Waals surface area contributed by atoms with Gasteiger partial charge in [-0.05, 0) is 36.8 Å². The summed E-state index contributed by atoms with van der Waals surface area (Å²) < 4.78 is 6.84. The highest BCUT2D eigenvalue weighted by Gasteiger charge is 2.21. The maximum absolute atomic E-state index is 13.1. The molecule has 0 aliphatic heterocycles. The molecule has 188 valence electrons. The van der Waals surface area contributed by atoms with E-state index < -0.39 is 11.9 Å². The highest BCUT2D eigenvalue weighted by Crippen LogP contribution is 2.32. The Hall–Kier alpha value is -3.57. The largest absolute Gasteiger partial charge is 0.465 e. The number of hydrogen-bond donors (Lipinski definition) is 1. The molecule has 2 aromatic heterocycles. The van der Waals surface area contributed by atoms with E-state index in [4.69, 9.17) is 27.9 Å². The van der Waals surface area contributed by atoms with Crippen molar-refractivity contribution in [1.82, 2.24) is 4.57 Å². The quantitative estimate of drug-likeness (QED) is 0.141. The fourth-order valence-electron chi connectivity index (χ4n) is 4.02. The molecule has 0 fully saturated rings. The van der Waals surface area contributed by atoms with Crippen LogP contribution in [-0.2, 0) is 22.5 Å². The first-order valence-corrected chi connectivity index (χ1v) is 13.1. The van der Waals surface area contributed by atoms with Gasteiger partial charge in [0.15, 0.2) is 0 Å². The number of halogens is 2. The van der Waals surface area contributed by atoms with Crippen molar-refractivity contribution in [2.75, 3.05) is 12.4 Å². The van der Waals surface area contributed by atoms with Crippen molar-refractivity contribution in [2.24, 2.45) is 0 Å². The second-order valence-corrected chi connectivity index (χ2v) is 10.2. The SMILES string of the molecule is CCCc1cc(C(=O)OC)c(NC(=O)/C(C#N)=C/c2cn(Cc3c(Cl)cccc3Cl)c3ccccc23)s1. The molecule has 6 nitrogen and oxygen atoms in total. The molecular formula is C28H23Cl2N3O3S. The van der Waals surface area contributed by atoms with Crippen LogP contribution >= 0.6 is 34.5 Å². The van der Waals surface area contributed by atoms with Crippen molar-refractivity contribution >= 4 is 68.4 Å². The third-order valence-electron chi connectivity index (χ3n) is 5.79. The van der Waals surface area contributed by atoms with E-state index in [0.717, 1.165) is 34.2 Å². The van der Waals surface area contributed by atoms with Crippen LogP contribution in [-0.4, -0.2) is 23.6 Å². The van der Waals surface area contributed by atoms with Gasteiger partial charge in [-0.1, -0.05) is 60.8 Å². The van der Waals surface area contributed by atoms with E-state index in [1.165, 1.54) is 18.4 Å². The highest BCUT2D eigenvalue weighted by molar-refractivity contribution is 7.16. The minimum atomic E-state index is -0.608. The van der Waals surface area contributed by atoms with Gasteiger partial charge in [0.2, 0.25) is 0 Å². The minimum Gasteiger partial charge on any atom is -0.465 e. The summed E-state index contributed by atoms with van der Waals surface area (Å²) in [5.74, 6) is -1.15. The predicted octanol–water partition coefficient (Wildman–Crippen LogP) is 7.34. The molecule has 2 aromatic carbocycles. The standard InChI is InChI=1S/C28H23Cl2N3O3S/c1-3-7-19-13-21(28(35)36-2)27(37-19)32-26(34)17(14-31)12-18-15-33(25-11-5-4-8-20(18)25)16-22-23(29)9-6-10-24(22)30/h4-6,8-13,15H,3,7,16H2,1-2H3,(H,32,34)/b17-12+. The van der Waals surface area contributed by atoms with Crippen LogP contribution in [0.5, 0.6) is 0 Å². The number of benzene rings is 2. The fraction of sp³-hybridized carbons (Fsp3) is 0.179. The number of anilines is 1. The van der Waals surface area contributed by atoms with Crippen LogP contribution in [0.1, 0.15) is 39.7 Å². The summed E-state index contributed by atoms with van der Waals surface area (Å²) in [5, 5.41) is 14.9. The zero-order valence-corrected chi connectivity index (χ0v) is 22.5. The molecule has 1 amide bonds. The van der Waals surface area contributed by atoms with Gasteiger partial charge in [0, 0.05) is 43.1 Å². The third-order valence-corrected chi connectivity index (χ3v) is 7.60. The van der Waals surface area contributed by atoms with E-state index in [0.29, 0.717) is 27.2 Å². The first-order valence-electron chi connectivity index (χ1n) is 11.5. The monoisotopic (exact) mass is 551 g/mol. The summed E-state index contributed by atoms with van der Waals surface area (Å²) in [6, 6.07) is 16.8. The van der Waals surface area contributed by atoms with E-state index in [-0.39, 0.29) is 11.1 Å². The van der Waals surface area contributed by atoms with Gasteiger partial charge in [-0.3, -0.25) is 4.79 Å². The molecular weight excluding hydrogens is 529 g/mol. The number of hydrogen-bond acceptors (Lipinski definition) is 5. The Morgan fingerprint density at radius 1 is 1.16 bits per heavy atom. The summed E-state index contributed by atoms with van der Waals surface area (Å²) in [7, 11) is 1.29. The van der Waals surface area contributed by atoms with E-state index in [1.807, 2.05) is 48.0 Å². The Morgan fingerprint density at radius 3 is 2.57 bits per heavy atom. The van der Waals surface area contributed by atoms with Crippen LogP contribution in [0.15, 0.2) is 60.3 Å². The molecule has 0 radical (unpaired) electrons. The van der Waals surface area contributed by atoms with Crippen molar-refractivity contribution in [3.63, 3.8) is 0 Å². The third kappa shape index (κ3) is 5.72. The summed E-state index contributed by atoms with van der Waals surface area (Å²) in [6.07, 6.45) is 5.06. The van der Waals surface area contributed by atoms with Gasteiger partial charge in [0.1, 0.15) is 16.6 Å². The maximum Gasteiger partial charge on any atom is 0.340 e. The van der Waals surface area contributed by atoms with E-state index in [2.05, 4.69) is 5.32 Å². The van der Waals surface area contributed by atoms with Crippen LogP contribution in [0.4, 0.5) is 5.00 Å². The van der Waals surface area contributed by atoms with Crippen molar-refractivity contribution in [2.45, 2.75) is 26.3 Å². The summed E-state index contributed by atoms with van der Waals surface area (Å²) >= 11 is 14.1. The van der Waals surface area contributed by atoms with Crippen molar-refractivity contribution in [3.05, 3.63) is 91.9 Å². The van der Waals surface area contributed by atoms with Gasteiger partial charge in [0.25, 0.3) is 5.91 Å². The summed E-state index contributed by atoms with van der Waals surface area (Å²) in [4.78, 5) is 26.3. The molecule has 4 rings (SSSR count). The molecule has 0 saturated heterocycles. The highest BCUT2D eigenvalue weighted by atomic mass is 35.5. The first-order chi connectivity index (χ1) is 17.9. The van der Waals surface area contributed by atoms with Gasteiger partial charge < -0.3 is 14.6 Å². The molecule has 9 heteroatoms. The summed E-state index contributed by atoms with van der Waals surface area (Å²) in [6.45, 7) is 2.45. The lowest BCUT2D eigenvalue weighted by Crippen LogP contribution is -2.15. The molecule has 0 aliphatic rings. The van der Waals surface area contributed by atoms with Crippen molar-refractivity contribution in [1.29, 1.82) is 5.26 Å². The zero-order valence-electron chi connectivity index (χ0n) is 20.2. The van der Waals surface area contributed by atoms with Crippen LogP contribution < -0.4 is 5.32 Å². The first kappa shape index (κ1) is 26.5. The van der Waals surface area contributed by atoms with Crippen molar-refractivity contribution in [3.8, 4) is 6.07 Å². The molecule has 4 aromatic rings. The number of aryl methyl sites for hydroxylation is 1. The lowest BCUT2D eigenvalue weighted by molar-refractivity contribution is -0.112. The molecule has 2 heterocycles. The molecule has 0 atom stereocenters. The van der Waals surface area contributed by atoms with Crippen LogP contribution in [0, 0.1) is 11.3 Å². The molecule has 1 N–H and O–H groups in total. The normalized spacial score (nSPS) is 11.4. The number of carbonyl (C=O) groups excluding carboxylic acids is 2. The smallest absolute Gasteiger partial charge is 0.340 e. The number of amides is 1. The topological polar surface area (TPSA) is 84.1 Å². The second-order valence-electron chi connectivity index (χ2n) is 8.25. The van der Waals surface area contributed by atoms with E-state index in [1.54, 1.807) is 30.3 Å². The Labute approximate surface area is 228 Å². The number of nitriles is 1. The molecule has 0 aliphatic carbocycles. The van der Waals surface area contributed by atoms with Crippen LogP contribution in [0.2, 0.25) is 10.0 Å². The minimum absolute atomic E-state index is 0.0973. The maximum atomic E-state index is 13.1. The van der Waals surface area contributed by atoms with E-state index >= 15 is 0 Å². The molecule has 0 saturated carbocycles. The van der Waals surface area contributed by atoms with Crippen LogP contribution in [0.25, 0.3) is 17.0 Å². The lowest BCUT2D eigenvalue weighted by atomic mass is 10.1. The van der Waals surface area contributed by atoms with Gasteiger partial charge >= 0.3 is 5.97 Å². The number of carbonyl (C=O) groups is 2. The number of thiophene rings is 1. The number of esters is 1. The number of methoxy groups -OCH3 is 1. The number of nitrogens with one attached hydrogen (secondary N) is 1. The number of rotatable bonds is 8. The summed E-state index contributed by atoms with van der Waals surface area (Å²) in [5.41, 5.74) is 2.54. The lowest BCUT2D eigenvalue weighted by Gasteiger charge is -2.09. The van der Waals surface area contributed by atoms with Gasteiger partial charge in [-0.15, -0.1) is 11.3 Å². The average Bonchev–Trinajstić information content (AvgIpc) is 3.45. The van der Waals surface area contributed by atoms with Gasteiger partial charge in [-0.25, -0.2) is 4.79 Å². The average molecular weight is 552 g/mol. The zero-order chi connectivity index (χ0) is 26.5. The number of aromatic nitrogens is 1. The predicted molar refractivity (Wildman–Crippen MR) is 149 cm³/mol. The number of para-hydroxylation sites is 1. The number of nitrogens with zero attached hydrogens (tertiary/aromatic N) is 2. The van der Waals surface area contributed by atoms with E-state index in [9.17, 15) is 14.9 Å². The van der Waals surface area contributed by atoms with Gasteiger partial charge in [-0.2, -0.15) is 5.26 Å². The van der Waals surface area contributed by atoms with Crippen molar-refractivity contribution < 1.29 is 14.3 Å². The Bertz CT molecular complexity index is 1540. The Balaban J connectivity index is 1.69. The molecule has 0 bridgehead atoms.